The topological polar surface area (TPSA) is 128 Å². The minimum absolute atomic E-state index is 0.299. The molecule has 0 spiro atoms. The second kappa shape index (κ2) is 9.67. The Labute approximate surface area is 226 Å². The van der Waals surface area contributed by atoms with Crippen molar-refractivity contribution in [2.75, 3.05) is 38.1 Å². The first-order chi connectivity index (χ1) is 18.8. The van der Waals surface area contributed by atoms with E-state index >= 15 is 0 Å². The number of nitrogens with two attached hydrogens (primary N) is 2. The smallest absolute Gasteiger partial charge is 0.233 e. The second-order valence-electron chi connectivity index (χ2n) is 10.4. The molecule has 0 bridgehead atoms. The van der Waals surface area contributed by atoms with E-state index in [1.807, 2.05) is 48.7 Å². The molecule has 2 amide bonds. The van der Waals surface area contributed by atoms with Crippen LogP contribution in [0.25, 0.3) is 22.0 Å². The number of fused-ring (bicyclic) bond motifs is 1. The third-order valence-corrected chi connectivity index (χ3v) is 7.96. The fraction of sp³-hybridized carbons (Fsp3) is 0.267. The Morgan fingerprint density at radius 3 is 2.26 bits per heavy atom. The fourth-order valence-electron chi connectivity index (χ4n) is 5.42. The van der Waals surface area contributed by atoms with Gasteiger partial charge in [0, 0.05) is 49.9 Å². The molecule has 9 nitrogen and oxygen atoms in total. The molecule has 6 rings (SSSR count). The molecule has 1 unspecified atom stereocenters. The lowest BCUT2D eigenvalue weighted by Crippen LogP contribution is -2.44. The maximum absolute atomic E-state index is 11.8. The largest absolute Gasteiger partial charge is 0.457 e. The molecule has 1 aliphatic heterocycles. The molecule has 198 valence electrons. The van der Waals surface area contributed by atoms with Crippen LogP contribution in [0.15, 0.2) is 73.1 Å². The highest BCUT2D eigenvalue weighted by atomic mass is 16.5. The van der Waals surface area contributed by atoms with Crippen molar-refractivity contribution in [1.29, 1.82) is 0 Å². The van der Waals surface area contributed by atoms with Gasteiger partial charge in [-0.1, -0.05) is 18.2 Å². The Hall–Kier alpha value is -4.50. The molecule has 1 atom stereocenters. The molecule has 3 heterocycles. The van der Waals surface area contributed by atoms with Gasteiger partial charge in [-0.05, 0) is 72.6 Å². The molecular formula is C30H30N6O3. The van der Waals surface area contributed by atoms with Crippen molar-refractivity contribution in [2.24, 2.45) is 16.9 Å². The van der Waals surface area contributed by atoms with Crippen LogP contribution in [0.1, 0.15) is 17.9 Å². The number of hydrogen-bond acceptors (Lipinski definition) is 7. The summed E-state index contributed by atoms with van der Waals surface area (Å²) in [6, 6.07) is 19.5. The van der Waals surface area contributed by atoms with Crippen molar-refractivity contribution in [1.82, 2.24) is 14.9 Å². The van der Waals surface area contributed by atoms with Crippen LogP contribution in [0.3, 0.4) is 0 Å². The zero-order valence-corrected chi connectivity index (χ0v) is 21.7. The normalized spacial score (nSPS) is 18.6. The van der Waals surface area contributed by atoms with Crippen molar-refractivity contribution in [3.63, 3.8) is 0 Å². The molecule has 1 aliphatic carbocycles. The Morgan fingerprint density at radius 1 is 0.872 bits per heavy atom. The first kappa shape index (κ1) is 24.8. The van der Waals surface area contributed by atoms with Crippen LogP contribution in [0.4, 0.5) is 5.82 Å². The molecule has 2 aromatic heterocycles. The first-order valence-corrected chi connectivity index (χ1v) is 13.0. The molecule has 1 saturated carbocycles. The Kier molecular flexibility index (Phi) is 6.15. The molecule has 9 heteroatoms. The van der Waals surface area contributed by atoms with Crippen LogP contribution in [-0.4, -0.2) is 59.9 Å². The Morgan fingerprint density at radius 2 is 1.56 bits per heavy atom. The molecule has 1 saturated heterocycles. The maximum atomic E-state index is 11.8. The number of rotatable bonds is 7. The van der Waals surface area contributed by atoms with E-state index < -0.39 is 17.2 Å². The van der Waals surface area contributed by atoms with E-state index in [-0.39, 0.29) is 5.92 Å². The Balaban J connectivity index is 1.21. The van der Waals surface area contributed by atoms with Gasteiger partial charge in [0.25, 0.3) is 0 Å². The van der Waals surface area contributed by atoms with Crippen LogP contribution in [-0.2, 0) is 9.59 Å². The highest BCUT2D eigenvalue weighted by Crippen LogP contribution is 2.59. The maximum Gasteiger partial charge on any atom is 0.233 e. The van der Waals surface area contributed by atoms with Gasteiger partial charge >= 0.3 is 0 Å². The summed E-state index contributed by atoms with van der Waals surface area (Å²) in [7, 11) is 2.14. The van der Waals surface area contributed by atoms with Gasteiger partial charge < -0.3 is 26.0 Å². The number of amides is 2. The van der Waals surface area contributed by atoms with E-state index in [0.29, 0.717) is 17.9 Å². The average molecular weight is 523 g/mol. The second-order valence-corrected chi connectivity index (χ2v) is 10.4. The summed E-state index contributed by atoms with van der Waals surface area (Å²) in [5.74, 6) is 0.652. The number of nitrogens with zero attached hydrogens (tertiary/aromatic N) is 4. The average Bonchev–Trinajstić information content (AvgIpc) is 3.72. The third kappa shape index (κ3) is 4.55. The van der Waals surface area contributed by atoms with E-state index in [1.165, 1.54) is 0 Å². The number of likely N-dealkylation sites (N-methyl/N-ethyl adjacent to an activating group) is 1. The zero-order chi connectivity index (χ0) is 27.1. The molecule has 2 aliphatic rings. The van der Waals surface area contributed by atoms with Crippen LogP contribution in [0.5, 0.6) is 11.5 Å². The highest BCUT2D eigenvalue weighted by Gasteiger charge is 2.64. The monoisotopic (exact) mass is 522 g/mol. The zero-order valence-electron chi connectivity index (χ0n) is 21.7. The van der Waals surface area contributed by atoms with Gasteiger partial charge in [-0.3, -0.25) is 14.6 Å². The van der Waals surface area contributed by atoms with Crippen LogP contribution < -0.4 is 21.1 Å². The standard InChI is InChI=1S/C30H30N6O3/c1-35-12-14-36(15-13-35)27-17-21(8-10-34-27)20-4-7-23-25(16-20)33-11-9-26(23)39-22-5-2-19(3-6-22)24-18-30(24,28(31)37)29(32)38/h2-11,16-17,24H,12-15,18H2,1H3,(H2,31,37)(H2,32,38). The molecule has 4 aromatic rings. The lowest BCUT2D eigenvalue weighted by molar-refractivity contribution is -0.133. The van der Waals surface area contributed by atoms with E-state index in [4.69, 9.17) is 16.2 Å². The predicted octanol–water partition coefficient (Wildman–Crippen LogP) is 3.29. The van der Waals surface area contributed by atoms with E-state index in [2.05, 4.69) is 45.0 Å². The molecule has 4 N–H and O–H groups in total. The minimum atomic E-state index is -1.29. The van der Waals surface area contributed by atoms with Crippen LogP contribution in [0.2, 0.25) is 0 Å². The SMILES string of the molecule is CN1CCN(c2cc(-c3ccc4c(Oc5ccc(C6CC6(C(N)=O)C(N)=O)cc5)ccnc4c3)ccn2)CC1. The number of pyridine rings is 2. The lowest BCUT2D eigenvalue weighted by atomic mass is 9.97. The summed E-state index contributed by atoms with van der Waals surface area (Å²) in [4.78, 5) is 37.5. The van der Waals surface area contributed by atoms with Gasteiger partial charge in [0.2, 0.25) is 11.8 Å². The quantitative estimate of drug-likeness (QED) is 0.357. The minimum Gasteiger partial charge on any atom is -0.457 e. The summed E-state index contributed by atoms with van der Waals surface area (Å²) in [6.45, 7) is 3.98. The van der Waals surface area contributed by atoms with Crippen molar-refractivity contribution >= 4 is 28.5 Å². The Bertz CT molecular complexity index is 1550. The van der Waals surface area contributed by atoms with Gasteiger partial charge in [0.05, 0.1) is 5.52 Å². The number of benzene rings is 2. The highest BCUT2D eigenvalue weighted by molar-refractivity contribution is 6.08. The predicted molar refractivity (Wildman–Crippen MR) is 149 cm³/mol. The van der Waals surface area contributed by atoms with Crippen LogP contribution in [0, 0.1) is 5.41 Å². The summed E-state index contributed by atoms with van der Waals surface area (Å²) >= 11 is 0. The number of ether oxygens (including phenoxy) is 1. The van der Waals surface area contributed by atoms with Gasteiger partial charge in [-0.15, -0.1) is 0 Å². The van der Waals surface area contributed by atoms with Gasteiger partial charge in [0.15, 0.2) is 0 Å². The number of carbonyl (C=O) groups is 2. The van der Waals surface area contributed by atoms with E-state index in [1.54, 1.807) is 6.20 Å². The van der Waals surface area contributed by atoms with Crippen molar-refractivity contribution < 1.29 is 14.3 Å². The van der Waals surface area contributed by atoms with Gasteiger partial charge in [-0.2, -0.15) is 0 Å². The number of anilines is 1. The number of hydrogen-bond donors (Lipinski definition) is 2. The third-order valence-electron chi connectivity index (χ3n) is 7.96. The molecule has 2 fully saturated rings. The van der Waals surface area contributed by atoms with Crippen molar-refractivity contribution in [2.45, 2.75) is 12.3 Å². The number of piperazine rings is 1. The number of carbonyl (C=O) groups excluding carboxylic acids is 2. The van der Waals surface area contributed by atoms with Crippen LogP contribution >= 0.6 is 0 Å². The van der Waals surface area contributed by atoms with Crippen molar-refractivity contribution in [3.8, 4) is 22.6 Å². The summed E-state index contributed by atoms with van der Waals surface area (Å²) < 4.78 is 6.20. The number of aromatic nitrogens is 2. The van der Waals surface area contributed by atoms with Gasteiger partial charge in [0.1, 0.15) is 22.7 Å². The van der Waals surface area contributed by atoms with E-state index in [9.17, 15) is 9.59 Å². The summed E-state index contributed by atoms with van der Waals surface area (Å²) in [5, 5.41) is 0.891. The summed E-state index contributed by atoms with van der Waals surface area (Å²) in [6.07, 6.45) is 3.93. The number of primary amides is 2. The van der Waals surface area contributed by atoms with E-state index in [0.717, 1.165) is 59.6 Å². The molecular weight excluding hydrogens is 492 g/mol. The van der Waals surface area contributed by atoms with Gasteiger partial charge in [-0.25, -0.2) is 4.98 Å². The lowest BCUT2D eigenvalue weighted by Gasteiger charge is -2.33. The first-order valence-electron chi connectivity index (χ1n) is 13.0. The fourth-order valence-corrected chi connectivity index (χ4v) is 5.42. The summed E-state index contributed by atoms with van der Waals surface area (Å²) in [5.41, 5.74) is 13.4. The van der Waals surface area contributed by atoms with Crippen molar-refractivity contribution in [3.05, 3.63) is 78.6 Å². The molecule has 0 radical (unpaired) electrons. The molecule has 2 aromatic carbocycles. The molecule has 39 heavy (non-hydrogen) atoms.